The molecule has 0 radical (unpaired) electrons. The van der Waals surface area contributed by atoms with Crippen molar-refractivity contribution in [3.63, 3.8) is 0 Å². The molecule has 4 amide bonds. The second-order valence-corrected chi connectivity index (χ2v) is 9.32. The van der Waals surface area contributed by atoms with Crippen molar-refractivity contribution >= 4 is 56.1 Å². The minimum atomic E-state index is -0.379. The Hall–Kier alpha value is -4.05. The zero-order chi connectivity index (χ0) is 25.7. The molecule has 0 aliphatic rings. The molecule has 186 valence electrons. The number of pyridine rings is 1. The van der Waals surface area contributed by atoms with Gasteiger partial charge in [-0.05, 0) is 67.9 Å². The summed E-state index contributed by atoms with van der Waals surface area (Å²) in [5, 5.41) is 12.2. The Morgan fingerprint density at radius 2 is 1.81 bits per heavy atom. The number of hydrogen-bond donors (Lipinski definition) is 4. The summed E-state index contributed by atoms with van der Waals surface area (Å²) in [6.45, 7) is 4.35. The average Bonchev–Trinajstić information content (AvgIpc) is 3.22. The number of hydrogen-bond acceptors (Lipinski definition) is 4. The lowest BCUT2D eigenvalue weighted by Crippen LogP contribution is -2.34. The number of aromatic nitrogens is 2. The molecule has 0 bridgehead atoms. The molecule has 0 aliphatic heterocycles. The summed E-state index contributed by atoms with van der Waals surface area (Å²) in [6.07, 6.45) is 3.63. The van der Waals surface area contributed by atoms with E-state index >= 15 is 0 Å². The van der Waals surface area contributed by atoms with E-state index in [9.17, 15) is 9.59 Å². The largest absolute Gasteiger partial charge is 0.495 e. The number of carbonyl (C=O) groups is 2. The first-order valence-electron chi connectivity index (χ1n) is 11.3. The van der Waals surface area contributed by atoms with Crippen LogP contribution in [-0.2, 0) is 6.54 Å². The summed E-state index contributed by atoms with van der Waals surface area (Å²) < 4.78 is 8.23. The van der Waals surface area contributed by atoms with Crippen molar-refractivity contribution in [1.82, 2.24) is 14.9 Å². The van der Waals surface area contributed by atoms with Gasteiger partial charge in [0.2, 0.25) is 0 Å². The van der Waals surface area contributed by atoms with E-state index in [-0.39, 0.29) is 18.1 Å². The standard InChI is InChI=1S/C26H27BrN6O3/c1-16(2)29-25(34)32-24-13-17(9-11-28-24)15-33-12-10-19-20(5-4-6-22(19)33)30-26(35)31-21-14-18(27)7-8-23(21)36-3/h4-14,16H,15H2,1-3H3,(H2,30,31,35)(H2,28,29,32,34). The van der Waals surface area contributed by atoms with Gasteiger partial charge in [0.25, 0.3) is 0 Å². The third-order valence-electron chi connectivity index (χ3n) is 5.31. The Bertz CT molecular complexity index is 1400. The van der Waals surface area contributed by atoms with E-state index < -0.39 is 0 Å². The highest BCUT2D eigenvalue weighted by atomic mass is 79.9. The minimum Gasteiger partial charge on any atom is -0.495 e. The first-order valence-corrected chi connectivity index (χ1v) is 12.1. The van der Waals surface area contributed by atoms with Crippen LogP contribution < -0.4 is 26.0 Å². The van der Waals surface area contributed by atoms with Crippen molar-refractivity contribution in [2.75, 3.05) is 23.1 Å². The third-order valence-corrected chi connectivity index (χ3v) is 5.80. The molecule has 10 heteroatoms. The number of rotatable bonds is 7. The molecule has 4 aromatic rings. The lowest BCUT2D eigenvalue weighted by molar-refractivity contribution is 0.250. The molecule has 0 unspecified atom stereocenters. The maximum atomic E-state index is 12.7. The molecular weight excluding hydrogens is 524 g/mol. The van der Waals surface area contributed by atoms with Gasteiger partial charge in [-0.15, -0.1) is 0 Å². The molecule has 2 heterocycles. The Morgan fingerprint density at radius 3 is 2.58 bits per heavy atom. The molecule has 4 rings (SSSR count). The molecular formula is C26H27BrN6O3. The lowest BCUT2D eigenvalue weighted by atomic mass is 10.2. The van der Waals surface area contributed by atoms with Gasteiger partial charge in [0.05, 0.1) is 24.0 Å². The summed E-state index contributed by atoms with van der Waals surface area (Å²) in [5.41, 5.74) is 3.16. The first kappa shape index (κ1) is 25.1. The lowest BCUT2D eigenvalue weighted by Gasteiger charge is -2.13. The molecule has 0 spiro atoms. The molecule has 9 nitrogen and oxygen atoms in total. The van der Waals surface area contributed by atoms with E-state index in [0.29, 0.717) is 29.5 Å². The zero-order valence-corrected chi connectivity index (χ0v) is 21.7. The topological polar surface area (TPSA) is 109 Å². The molecule has 0 fully saturated rings. The monoisotopic (exact) mass is 550 g/mol. The molecule has 0 aliphatic carbocycles. The summed E-state index contributed by atoms with van der Waals surface area (Å²) >= 11 is 3.41. The van der Waals surface area contributed by atoms with Crippen molar-refractivity contribution < 1.29 is 14.3 Å². The highest BCUT2D eigenvalue weighted by Gasteiger charge is 2.12. The fourth-order valence-electron chi connectivity index (χ4n) is 3.78. The maximum absolute atomic E-state index is 12.7. The number of nitrogens with one attached hydrogen (secondary N) is 4. The number of halogens is 1. The van der Waals surface area contributed by atoms with Crippen LogP contribution in [0.4, 0.5) is 26.8 Å². The van der Waals surface area contributed by atoms with Crippen LogP contribution in [0.15, 0.2) is 71.5 Å². The van der Waals surface area contributed by atoms with E-state index in [1.54, 1.807) is 25.4 Å². The van der Waals surface area contributed by atoms with Gasteiger partial charge in [-0.1, -0.05) is 22.0 Å². The van der Waals surface area contributed by atoms with Gasteiger partial charge in [-0.3, -0.25) is 5.32 Å². The number of nitrogens with zero attached hydrogens (tertiary/aromatic N) is 2. The molecule has 36 heavy (non-hydrogen) atoms. The number of urea groups is 2. The van der Waals surface area contributed by atoms with E-state index in [0.717, 1.165) is 20.9 Å². The van der Waals surface area contributed by atoms with E-state index in [2.05, 4.69) is 46.7 Å². The van der Waals surface area contributed by atoms with Crippen molar-refractivity contribution in [2.45, 2.75) is 26.4 Å². The van der Waals surface area contributed by atoms with Gasteiger partial charge in [-0.25, -0.2) is 14.6 Å². The van der Waals surface area contributed by atoms with Crippen LogP contribution in [0.25, 0.3) is 10.9 Å². The summed E-state index contributed by atoms with van der Waals surface area (Å²) in [6, 6.07) is 16.2. The Morgan fingerprint density at radius 1 is 1.00 bits per heavy atom. The zero-order valence-electron chi connectivity index (χ0n) is 20.1. The maximum Gasteiger partial charge on any atom is 0.323 e. The summed E-state index contributed by atoms with van der Waals surface area (Å²) in [4.78, 5) is 29.0. The Labute approximate surface area is 217 Å². The Kier molecular flexibility index (Phi) is 7.74. The highest BCUT2D eigenvalue weighted by Crippen LogP contribution is 2.29. The highest BCUT2D eigenvalue weighted by molar-refractivity contribution is 9.10. The first-order chi connectivity index (χ1) is 17.3. The number of benzene rings is 2. The van der Waals surface area contributed by atoms with Crippen LogP contribution in [0.3, 0.4) is 0 Å². The van der Waals surface area contributed by atoms with E-state index in [1.165, 1.54) is 0 Å². The number of anilines is 3. The van der Waals surface area contributed by atoms with Gasteiger partial charge in [0, 0.05) is 34.8 Å². The third kappa shape index (κ3) is 6.14. The van der Waals surface area contributed by atoms with Crippen LogP contribution in [0.1, 0.15) is 19.4 Å². The number of carbonyl (C=O) groups excluding carboxylic acids is 2. The molecule has 0 saturated carbocycles. The van der Waals surface area contributed by atoms with Gasteiger partial charge in [-0.2, -0.15) is 0 Å². The predicted molar refractivity (Wildman–Crippen MR) is 146 cm³/mol. The second-order valence-electron chi connectivity index (χ2n) is 8.41. The van der Waals surface area contributed by atoms with Crippen molar-refractivity contribution in [1.29, 1.82) is 0 Å². The fourth-order valence-corrected chi connectivity index (χ4v) is 4.14. The number of amides is 4. The normalized spacial score (nSPS) is 10.8. The van der Waals surface area contributed by atoms with Crippen molar-refractivity contribution in [3.05, 3.63) is 77.0 Å². The van der Waals surface area contributed by atoms with Crippen molar-refractivity contribution in [2.24, 2.45) is 0 Å². The SMILES string of the molecule is COc1ccc(Br)cc1NC(=O)Nc1cccc2c1ccn2Cc1ccnc(NC(=O)NC(C)C)c1. The summed E-state index contributed by atoms with van der Waals surface area (Å²) in [5.74, 6) is 1.04. The van der Waals surface area contributed by atoms with Crippen LogP contribution in [0.5, 0.6) is 5.75 Å². The molecule has 0 saturated heterocycles. The van der Waals surface area contributed by atoms with Crippen LogP contribution in [0, 0.1) is 0 Å². The van der Waals surface area contributed by atoms with Gasteiger partial charge >= 0.3 is 12.1 Å². The van der Waals surface area contributed by atoms with Crippen LogP contribution in [0.2, 0.25) is 0 Å². The molecule has 2 aromatic heterocycles. The quantitative estimate of drug-likeness (QED) is 0.225. The number of fused-ring (bicyclic) bond motifs is 1. The predicted octanol–water partition coefficient (Wildman–Crippen LogP) is 6.03. The molecule has 4 N–H and O–H groups in total. The van der Waals surface area contributed by atoms with Crippen molar-refractivity contribution in [3.8, 4) is 5.75 Å². The van der Waals surface area contributed by atoms with Gasteiger partial charge in [0.15, 0.2) is 0 Å². The van der Waals surface area contributed by atoms with E-state index in [4.69, 9.17) is 4.74 Å². The smallest absolute Gasteiger partial charge is 0.323 e. The number of methoxy groups -OCH3 is 1. The average molecular weight is 551 g/mol. The second kappa shape index (κ2) is 11.1. The van der Waals surface area contributed by atoms with Gasteiger partial charge < -0.3 is 25.3 Å². The number of ether oxygens (including phenoxy) is 1. The van der Waals surface area contributed by atoms with Gasteiger partial charge in [0.1, 0.15) is 11.6 Å². The van der Waals surface area contributed by atoms with E-state index in [1.807, 2.05) is 62.5 Å². The van der Waals surface area contributed by atoms with Crippen LogP contribution in [-0.4, -0.2) is 34.8 Å². The molecule has 2 aromatic carbocycles. The summed E-state index contributed by atoms with van der Waals surface area (Å²) in [7, 11) is 1.55. The fraction of sp³-hybridized carbons (Fsp3) is 0.192. The minimum absolute atomic E-state index is 0.0286. The Balaban J connectivity index is 1.49. The molecule has 0 atom stereocenters. The van der Waals surface area contributed by atoms with Crippen LogP contribution >= 0.6 is 15.9 Å².